The minimum absolute atomic E-state index is 0.0432. The topological polar surface area (TPSA) is 29.3 Å². The Bertz CT molecular complexity index is 561. The van der Waals surface area contributed by atoms with Crippen LogP contribution in [-0.4, -0.2) is 18.0 Å². The van der Waals surface area contributed by atoms with Crippen molar-refractivity contribution in [3.8, 4) is 0 Å². The lowest BCUT2D eigenvalue weighted by Crippen LogP contribution is -2.36. The second-order valence-corrected chi connectivity index (χ2v) is 6.19. The second-order valence-electron chi connectivity index (χ2n) is 5.76. The van der Waals surface area contributed by atoms with Crippen molar-refractivity contribution in [3.63, 3.8) is 0 Å². The van der Waals surface area contributed by atoms with Crippen molar-refractivity contribution >= 4 is 11.6 Å². The molecule has 0 aliphatic carbocycles. The van der Waals surface area contributed by atoms with E-state index in [4.69, 9.17) is 17.3 Å². The van der Waals surface area contributed by atoms with E-state index >= 15 is 0 Å². The lowest BCUT2D eigenvalue weighted by molar-refractivity contribution is 0.211. The predicted molar refractivity (Wildman–Crippen MR) is 90.5 cm³/mol. The quantitative estimate of drug-likeness (QED) is 0.898. The summed E-state index contributed by atoms with van der Waals surface area (Å²) in [4.78, 5) is 2.29. The van der Waals surface area contributed by atoms with Gasteiger partial charge in [0, 0.05) is 23.7 Å². The third kappa shape index (κ3) is 4.31. The number of hydrogen-bond donors (Lipinski definition) is 1. The van der Waals surface area contributed by atoms with Gasteiger partial charge in [0.15, 0.2) is 0 Å². The van der Waals surface area contributed by atoms with E-state index in [1.807, 2.05) is 19.1 Å². The summed E-state index contributed by atoms with van der Waals surface area (Å²) in [5, 5.41) is 0.753. The van der Waals surface area contributed by atoms with E-state index in [1.165, 1.54) is 16.7 Å². The van der Waals surface area contributed by atoms with E-state index in [-0.39, 0.29) is 12.1 Å². The van der Waals surface area contributed by atoms with Gasteiger partial charge in [-0.1, -0.05) is 53.6 Å². The van der Waals surface area contributed by atoms with Crippen LogP contribution in [0.15, 0.2) is 48.5 Å². The van der Waals surface area contributed by atoms with Gasteiger partial charge in [-0.2, -0.15) is 0 Å². The molecule has 0 fully saturated rings. The third-order valence-electron chi connectivity index (χ3n) is 3.74. The highest BCUT2D eigenvalue weighted by molar-refractivity contribution is 6.30. The van der Waals surface area contributed by atoms with Gasteiger partial charge in [0.25, 0.3) is 0 Å². The first kappa shape index (κ1) is 16.0. The van der Waals surface area contributed by atoms with Crippen LogP contribution in [0.25, 0.3) is 0 Å². The Balaban J connectivity index is 2.17. The maximum absolute atomic E-state index is 6.21. The molecule has 2 aromatic carbocycles. The van der Waals surface area contributed by atoms with Crippen molar-refractivity contribution in [2.45, 2.75) is 32.5 Å². The molecule has 2 atom stereocenters. The van der Waals surface area contributed by atoms with Crippen LogP contribution in [0.3, 0.4) is 0 Å². The molecule has 0 aliphatic rings. The summed E-state index contributed by atoms with van der Waals surface area (Å²) in [6, 6.07) is 16.8. The van der Waals surface area contributed by atoms with Crippen molar-refractivity contribution in [1.82, 2.24) is 4.90 Å². The molecule has 0 spiro atoms. The molecule has 2 aromatic rings. The van der Waals surface area contributed by atoms with E-state index in [2.05, 4.69) is 55.3 Å². The fourth-order valence-electron chi connectivity index (χ4n) is 2.70. The zero-order chi connectivity index (χ0) is 15.4. The molecule has 2 nitrogen and oxygen atoms in total. The Labute approximate surface area is 132 Å². The second kappa shape index (κ2) is 7.08. The predicted octanol–water partition coefficient (Wildman–Crippen LogP) is 4.17. The van der Waals surface area contributed by atoms with Gasteiger partial charge in [-0.05, 0) is 44.2 Å². The van der Waals surface area contributed by atoms with E-state index in [9.17, 15) is 0 Å². The average molecular weight is 303 g/mol. The van der Waals surface area contributed by atoms with Crippen molar-refractivity contribution in [2.75, 3.05) is 7.05 Å². The van der Waals surface area contributed by atoms with Crippen molar-refractivity contribution in [3.05, 3.63) is 70.2 Å². The molecule has 0 aliphatic heterocycles. The molecule has 0 heterocycles. The minimum atomic E-state index is 0.0432. The molecular formula is C18H23ClN2. The number of rotatable bonds is 5. The van der Waals surface area contributed by atoms with Crippen LogP contribution in [0.1, 0.15) is 29.7 Å². The molecule has 0 saturated carbocycles. The zero-order valence-electron chi connectivity index (χ0n) is 12.9. The molecule has 2 N–H and O–H groups in total. The molecule has 0 aromatic heterocycles. The first-order chi connectivity index (χ1) is 9.97. The summed E-state index contributed by atoms with van der Waals surface area (Å²) in [5.41, 5.74) is 9.98. The molecule has 112 valence electrons. The lowest BCUT2D eigenvalue weighted by Gasteiger charge is -2.31. The maximum Gasteiger partial charge on any atom is 0.0496 e. The molecule has 0 amide bonds. The molecule has 2 unspecified atom stereocenters. The summed E-state index contributed by atoms with van der Waals surface area (Å²) in [7, 11) is 2.11. The lowest BCUT2D eigenvalue weighted by atomic mass is 9.99. The van der Waals surface area contributed by atoms with Gasteiger partial charge in [0.2, 0.25) is 0 Å². The van der Waals surface area contributed by atoms with Crippen LogP contribution >= 0.6 is 11.6 Å². The normalized spacial score (nSPS) is 14.2. The third-order valence-corrected chi connectivity index (χ3v) is 3.99. The smallest absolute Gasteiger partial charge is 0.0496 e. The standard InChI is InChI=1S/C18H23ClN2/c1-13-4-6-15(7-5-13)12-21(3)18(14(2)20)16-8-10-17(19)11-9-16/h4-11,14,18H,12,20H2,1-3H3. The number of benzene rings is 2. The molecule has 0 bridgehead atoms. The van der Waals surface area contributed by atoms with Crippen LogP contribution in [-0.2, 0) is 6.54 Å². The fraction of sp³-hybridized carbons (Fsp3) is 0.333. The zero-order valence-corrected chi connectivity index (χ0v) is 13.6. The average Bonchev–Trinajstić information content (AvgIpc) is 2.43. The number of nitrogens with zero attached hydrogens (tertiary/aromatic N) is 1. The molecule has 0 radical (unpaired) electrons. The number of likely N-dealkylation sites (N-methyl/N-ethyl adjacent to an activating group) is 1. The van der Waals surface area contributed by atoms with Crippen molar-refractivity contribution < 1.29 is 0 Å². The van der Waals surface area contributed by atoms with Gasteiger partial charge in [-0.25, -0.2) is 0 Å². The highest BCUT2D eigenvalue weighted by Crippen LogP contribution is 2.25. The van der Waals surface area contributed by atoms with E-state index < -0.39 is 0 Å². The largest absolute Gasteiger partial charge is 0.326 e. The van der Waals surface area contributed by atoms with E-state index in [0.29, 0.717) is 0 Å². The summed E-state index contributed by atoms with van der Waals surface area (Å²) < 4.78 is 0. The van der Waals surface area contributed by atoms with Gasteiger partial charge in [-0.15, -0.1) is 0 Å². The van der Waals surface area contributed by atoms with Gasteiger partial charge in [0.05, 0.1) is 0 Å². The van der Waals surface area contributed by atoms with Crippen molar-refractivity contribution in [2.24, 2.45) is 5.73 Å². The van der Waals surface area contributed by atoms with Crippen molar-refractivity contribution in [1.29, 1.82) is 0 Å². The van der Waals surface area contributed by atoms with Crippen LogP contribution in [0.5, 0.6) is 0 Å². The van der Waals surface area contributed by atoms with Gasteiger partial charge >= 0.3 is 0 Å². The Hall–Kier alpha value is -1.35. The van der Waals surface area contributed by atoms with Crippen LogP contribution in [0, 0.1) is 6.92 Å². The Morgan fingerprint density at radius 3 is 2.14 bits per heavy atom. The molecule has 2 rings (SSSR count). The van der Waals surface area contributed by atoms with Gasteiger partial charge in [0.1, 0.15) is 0 Å². The van der Waals surface area contributed by atoms with Crippen LogP contribution in [0.2, 0.25) is 5.02 Å². The Kier molecular flexibility index (Phi) is 5.40. The summed E-state index contributed by atoms with van der Waals surface area (Å²) >= 11 is 5.98. The summed E-state index contributed by atoms with van der Waals surface area (Å²) in [5.74, 6) is 0. The van der Waals surface area contributed by atoms with E-state index in [1.54, 1.807) is 0 Å². The SMILES string of the molecule is Cc1ccc(CN(C)C(c2ccc(Cl)cc2)C(C)N)cc1. The number of aryl methyl sites for hydroxylation is 1. The number of hydrogen-bond acceptors (Lipinski definition) is 2. The molecule has 3 heteroatoms. The molecular weight excluding hydrogens is 280 g/mol. The van der Waals surface area contributed by atoms with Gasteiger partial charge in [-0.3, -0.25) is 4.90 Å². The number of halogens is 1. The monoisotopic (exact) mass is 302 g/mol. The van der Waals surface area contributed by atoms with E-state index in [0.717, 1.165) is 11.6 Å². The molecule has 0 saturated heterocycles. The first-order valence-corrected chi connectivity index (χ1v) is 7.62. The fourth-order valence-corrected chi connectivity index (χ4v) is 2.83. The highest BCUT2D eigenvalue weighted by Gasteiger charge is 2.21. The Morgan fingerprint density at radius 1 is 1.05 bits per heavy atom. The minimum Gasteiger partial charge on any atom is -0.326 e. The van der Waals surface area contributed by atoms with Gasteiger partial charge < -0.3 is 5.73 Å². The number of nitrogens with two attached hydrogens (primary N) is 1. The molecule has 21 heavy (non-hydrogen) atoms. The van der Waals surface area contributed by atoms with Crippen LogP contribution in [0.4, 0.5) is 0 Å². The van der Waals surface area contributed by atoms with Crippen LogP contribution < -0.4 is 5.73 Å². The maximum atomic E-state index is 6.21. The highest BCUT2D eigenvalue weighted by atomic mass is 35.5. The summed E-state index contributed by atoms with van der Waals surface area (Å²) in [6.45, 7) is 5.02. The first-order valence-electron chi connectivity index (χ1n) is 7.24. The Morgan fingerprint density at radius 2 is 1.62 bits per heavy atom. The summed E-state index contributed by atoms with van der Waals surface area (Å²) in [6.07, 6.45) is 0.